The largest absolute Gasteiger partial charge is 0.492 e. The zero-order chi connectivity index (χ0) is 14.8. The van der Waals surface area contributed by atoms with Crippen LogP contribution in [0.15, 0.2) is 18.5 Å². The highest BCUT2D eigenvalue weighted by molar-refractivity contribution is 7.08. The molecule has 6 heteroatoms. The third-order valence-corrected chi connectivity index (χ3v) is 3.42. The average molecular weight is 291 g/mol. The molecule has 0 fully saturated rings. The molecule has 0 aliphatic rings. The zero-order valence-electron chi connectivity index (χ0n) is 12.0. The number of ketones is 1. The first-order valence-corrected chi connectivity index (χ1v) is 7.16. The van der Waals surface area contributed by atoms with Crippen LogP contribution in [0.1, 0.15) is 48.6 Å². The monoisotopic (exact) mass is 291 g/mol. The van der Waals surface area contributed by atoms with Crippen LogP contribution in [0.25, 0.3) is 0 Å². The van der Waals surface area contributed by atoms with Gasteiger partial charge < -0.3 is 4.74 Å². The smallest absolute Gasteiger partial charge is 0.208 e. The highest BCUT2D eigenvalue weighted by Crippen LogP contribution is 2.28. The zero-order valence-corrected chi connectivity index (χ0v) is 12.8. The number of carbonyl (C=O) groups excluding carboxylic acids is 1. The molecule has 0 amide bonds. The van der Waals surface area contributed by atoms with Crippen molar-refractivity contribution in [1.82, 2.24) is 14.6 Å². The van der Waals surface area contributed by atoms with Crippen molar-refractivity contribution in [1.29, 1.82) is 0 Å². The maximum absolute atomic E-state index is 12.6. The van der Waals surface area contributed by atoms with Gasteiger partial charge in [-0.3, -0.25) is 9.78 Å². The fourth-order valence-corrected chi connectivity index (χ4v) is 2.59. The maximum Gasteiger partial charge on any atom is 0.208 e. The molecule has 0 bridgehead atoms. The SMILES string of the molecule is CCOc1cncc(C(=O)c2snnc2C(C)(C)C)c1. The number of hydrogen-bond donors (Lipinski definition) is 0. The Hall–Kier alpha value is -1.82. The second kappa shape index (κ2) is 5.66. The third-order valence-electron chi connectivity index (χ3n) is 2.69. The van der Waals surface area contributed by atoms with Crippen LogP contribution in [0.4, 0.5) is 0 Å². The molecule has 5 nitrogen and oxygen atoms in total. The van der Waals surface area contributed by atoms with Gasteiger partial charge in [0.1, 0.15) is 10.6 Å². The van der Waals surface area contributed by atoms with Crippen LogP contribution in [-0.2, 0) is 5.41 Å². The molecule has 0 saturated heterocycles. The van der Waals surface area contributed by atoms with Gasteiger partial charge in [-0.05, 0) is 24.5 Å². The second-order valence-corrected chi connectivity index (χ2v) is 6.13. The van der Waals surface area contributed by atoms with Gasteiger partial charge in [0.15, 0.2) is 0 Å². The van der Waals surface area contributed by atoms with Crippen molar-refractivity contribution in [3.63, 3.8) is 0 Å². The molecule has 2 rings (SSSR count). The summed E-state index contributed by atoms with van der Waals surface area (Å²) in [5, 5.41) is 4.09. The van der Waals surface area contributed by atoms with Gasteiger partial charge >= 0.3 is 0 Å². The van der Waals surface area contributed by atoms with Gasteiger partial charge in [0, 0.05) is 17.2 Å². The van der Waals surface area contributed by atoms with E-state index in [4.69, 9.17) is 4.74 Å². The lowest BCUT2D eigenvalue weighted by molar-refractivity contribution is 0.103. The minimum absolute atomic E-state index is 0.112. The topological polar surface area (TPSA) is 65.0 Å². The lowest BCUT2D eigenvalue weighted by Gasteiger charge is -2.15. The van der Waals surface area contributed by atoms with Crippen LogP contribution in [0.2, 0.25) is 0 Å². The van der Waals surface area contributed by atoms with Crippen molar-refractivity contribution in [2.45, 2.75) is 33.1 Å². The molecule has 0 saturated carbocycles. The van der Waals surface area contributed by atoms with Gasteiger partial charge in [-0.2, -0.15) is 0 Å². The van der Waals surface area contributed by atoms with E-state index in [2.05, 4.69) is 14.6 Å². The minimum Gasteiger partial charge on any atom is -0.492 e. The number of hydrogen-bond acceptors (Lipinski definition) is 6. The van der Waals surface area contributed by atoms with Crippen LogP contribution in [-0.4, -0.2) is 27.0 Å². The first-order valence-electron chi connectivity index (χ1n) is 6.39. The summed E-state index contributed by atoms with van der Waals surface area (Å²) in [5.74, 6) is 0.479. The van der Waals surface area contributed by atoms with Crippen molar-refractivity contribution in [3.8, 4) is 5.75 Å². The molecule has 0 spiro atoms. The van der Waals surface area contributed by atoms with Crippen molar-refractivity contribution in [2.24, 2.45) is 0 Å². The predicted octanol–water partition coefficient (Wildman–Crippen LogP) is 2.86. The van der Waals surface area contributed by atoms with Gasteiger partial charge in [-0.25, -0.2) is 0 Å². The summed E-state index contributed by atoms with van der Waals surface area (Å²) in [6, 6.07) is 1.70. The molecular weight excluding hydrogens is 274 g/mol. The number of carbonyl (C=O) groups is 1. The summed E-state index contributed by atoms with van der Waals surface area (Å²) in [6.45, 7) is 8.45. The van der Waals surface area contributed by atoms with E-state index in [1.54, 1.807) is 12.3 Å². The fourth-order valence-electron chi connectivity index (χ4n) is 1.75. The van der Waals surface area contributed by atoms with Crippen LogP contribution in [0.5, 0.6) is 5.75 Å². The van der Waals surface area contributed by atoms with E-state index in [1.807, 2.05) is 27.7 Å². The first-order chi connectivity index (χ1) is 9.43. The van der Waals surface area contributed by atoms with E-state index < -0.39 is 0 Å². The highest BCUT2D eigenvalue weighted by atomic mass is 32.1. The van der Waals surface area contributed by atoms with Crippen LogP contribution >= 0.6 is 11.5 Å². The average Bonchev–Trinajstić information content (AvgIpc) is 2.87. The Balaban J connectivity index is 2.37. The normalized spacial score (nSPS) is 11.4. The van der Waals surface area contributed by atoms with E-state index in [0.717, 1.165) is 11.5 Å². The van der Waals surface area contributed by atoms with Gasteiger partial charge in [0.25, 0.3) is 0 Å². The molecular formula is C14H17N3O2S. The molecule has 0 radical (unpaired) electrons. The van der Waals surface area contributed by atoms with Gasteiger partial charge in [0.2, 0.25) is 5.78 Å². The first kappa shape index (κ1) is 14.6. The number of ether oxygens (including phenoxy) is 1. The number of aromatic nitrogens is 3. The molecule has 20 heavy (non-hydrogen) atoms. The highest BCUT2D eigenvalue weighted by Gasteiger charge is 2.27. The summed E-state index contributed by atoms with van der Waals surface area (Å²) in [7, 11) is 0. The van der Waals surface area contributed by atoms with E-state index in [-0.39, 0.29) is 11.2 Å². The molecule has 2 heterocycles. The van der Waals surface area contributed by atoms with E-state index >= 15 is 0 Å². The molecule has 0 unspecified atom stereocenters. The van der Waals surface area contributed by atoms with Crippen molar-refractivity contribution < 1.29 is 9.53 Å². The summed E-state index contributed by atoms with van der Waals surface area (Å²) >= 11 is 1.12. The van der Waals surface area contributed by atoms with E-state index in [0.29, 0.717) is 28.5 Å². The third kappa shape index (κ3) is 3.01. The van der Waals surface area contributed by atoms with Crippen molar-refractivity contribution >= 4 is 17.3 Å². The number of pyridine rings is 1. The van der Waals surface area contributed by atoms with Gasteiger partial charge in [-0.15, -0.1) is 5.10 Å². The minimum atomic E-state index is -0.219. The van der Waals surface area contributed by atoms with Crippen LogP contribution < -0.4 is 4.74 Å². The van der Waals surface area contributed by atoms with E-state index in [1.165, 1.54) is 6.20 Å². The van der Waals surface area contributed by atoms with Crippen LogP contribution in [0.3, 0.4) is 0 Å². The molecule has 2 aromatic rings. The molecule has 2 aromatic heterocycles. The number of nitrogens with zero attached hydrogens (tertiary/aromatic N) is 3. The molecule has 0 aromatic carbocycles. The molecule has 0 atom stereocenters. The Morgan fingerprint density at radius 2 is 2.10 bits per heavy atom. The summed E-state index contributed by atoms with van der Waals surface area (Å²) in [4.78, 5) is 17.2. The fraction of sp³-hybridized carbons (Fsp3) is 0.429. The summed E-state index contributed by atoms with van der Waals surface area (Å²) in [6.07, 6.45) is 3.13. The summed E-state index contributed by atoms with van der Waals surface area (Å²) in [5.41, 5.74) is 0.991. The summed E-state index contributed by atoms with van der Waals surface area (Å²) < 4.78 is 9.28. The Bertz CT molecular complexity index is 617. The second-order valence-electron chi connectivity index (χ2n) is 5.37. The Labute approximate surface area is 122 Å². The van der Waals surface area contributed by atoms with Gasteiger partial charge in [-0.1, -0.05) is 25.3 Å². The molecule has 0 aliphatic carbocycles. The Morgan fingerprint density at radius 1 is 1.35 bits per heavy atom. The molecule has 0 N–H and O–H groups in total. The van der Waals surface area contributed by atoms with Crippen molar-refractivity contribution in [2.75, 3.05) is 6.61 Å². The predicted molar refractivity (Wildman–Crippen MR) is 77.4 cm³/mol. The van der Waals surface area contributed by atoms with Gasteiger partial charge in [0.05, 0.1) is 18.5 Å². The Kier molecular flexibility index (Phi) is 4.13. The molecule has 0 aliphatic heterocycles. The van der Waals surface area contributed by atoms with Crippen molar-refractivity contribution in [3.05, 3.63) is 34.6 Å². The molecule has 106 valence electrons. The Morgan fingerprint density at radius 3 is 2.75 bits per heavy atom. The standard InChI is InChI=1S/C14H17N3O2S/c1-5-19-10-6-9(7-15-8-10)11(18)12-13(14(2,3)4)16-17-20-12/h6-8H,5H2,1-4H3. The number of rotatable bonds is 4. The van der Waals surface area contributed by atoms with E-state index in [9.17, 15) is 4.79 Å². The van der Waals surface area contributed by atoms with Crippen LogP contribution in [0, 0.1) is 0 Å². The maximum atomic E-state index is 12.6. The lowest BCUT2D eigenvalue weighted by atomic mass is 9.90. The lowest BCUT2D eigenvalue weighted by Crippen LogP contribution is -2.16. The quantitative estimate of drug-likeness (QED) is 0.810.